The molecule has 0 aromatic carbocycles. The summed E-state index contributed by atoms with van der Waals surface area (Å²) in [6, 6.07) is 2.62. The van der Waals surface area contributed by atoms with Gasteiger partial charge in [0.1, 0.15) is 0 Å². The van der Waals surface area contributed by atoms with E-state index in [1.165, 1.54) is 0 Å². The lowest BCUT2D eigenvalue weighted by molar-refractivity contribution is -0.00398. The maximum Gasteiger partial charge on any atom is 0.0865 e. The summed E-state index contributed by atoms with van der Waals surface area (Å²) in [5, 5.41) is 9.90. The van der Waals surface area contributed by atoms with Crippen LogP contribution in [0.5, 0.6) is 0 Å². The smallest absolute Gasteiger partial charge is 0.0865 e. The molecule has 0 aromatic rings. The lowest BCUT2D eigenvalue weighted by atomic mass is 9.55. The molecule has 2 aliphatic carbocycles. The van der Waals surface area contributed by atoms with Crippen LogP contribution in [0.1, 0.15) is 33.6 Å². The van der Waals surface area contributed by atoms with Gasteiger partial charge in [-0.05, 0) is 37.2 Å². The molecule has 0 spiro atoms. The molecule has 0 unspecified atom stereocenters. The van der Waals surface area contributed by atoms with Crippen molar-refractivity contribution < 1.29 is 9.47 Å². The van der Waals surface area contributed by atoms with Crippen LogP contribution in [0.4, 0.5) is 0 Å². The molecule has 3 nitrogen and oxygen atoms in total. The van der Waals surface area contributed by atoms with Gasteiger partial charge >= 0.3 is 0 Å². The fourth-order valence-corrected chi connectivity index (χ4v) is 4.50. The van der Waals surface area contributed by atoms with Crippen molar-refractivity contribution in [3.63, 3.8) is 0 Å². The summed E-state index contributed by atoms with van der Waals surface area (Å²) in [6.45, 7) is 10.6. The second-order valence-electron chi connectivity index (χ2n) is 6.91. The van der Waals surface area contributed by atoms with Crippen LogP contribution in [0.3, 0.4) is 0 Å². The van der Waals surface area contributed by atoms with Crippen LogP contribution in [0.15, 0.2) is 23.8 Å². The predicted octanol–water partition coefficient (Wildman–Crippen LogP) is 3.72. The highest BCUT2D eigenvalue weighted by Gasteiger charge is 2.52. The van der Waals surface area contributed by atoms with E-state index in [1.807, 2.05) is 0 Å². The van der Waals surface area contributed by atoms with Gasteiger partial charge in [-0.15, -0.1) is 0 Å². The number of rotatable bonds is 3. The van der Waals surface area contributed by atoms with Crippen molar-refractivity contribution in [3.8, 4) is 6.07 Å². The number of nitriles is 1. The van der Waals surface area contributed by atoms with Gasteiger partial charge in [0.2, 0.25) is 0 Å². The van der Waals surface area contributed by atoms with E-state index in [0.717, 1.165) is 24.0 Å². The summed E-state index contributed by atoms with van der Waals surface area (Å²) in [5.41, 5.74) is 1.85. The zero-order valence-corrected chi connectivity index (χ0v) is 13.8. The second-order valence-corrected chi connectivity index (χ2v) is 6.91. The lowest BCUT2D eigenvalue weighted by Gasteiger charge is -2.50. The summed E-state index contributed by atoms with van der Waals surface area (Å²) in [7, 11) is 3.47. The fraction of sp³-hybridized carbons (Fsp3) is 0.722. The first-order valence-electron chi connectivity index (χ1n) is 7.74. The molecule has 0 amide bonds. The lowest BCUT2D eigenvalue weighted by Crippen LogP contribution is -2.49. The molecule has 116 valence electrons. The average Bonchev–Trinajstić information content (AvgIpc) is 2.44. The van der Waals surface area contributed by atoms with E-state index in [4.69, 9.17) is 9.47 Å². The van der Waals surface area contributed by atoms with Gasteiger partial charge < -0.3 is 9.47 Å². The summed E-state index contributed by atoms with van der Waals surface area (Å²) in [5.74, 6) is 1.02. The molecule has 2 aliphatic rings. The van der Waals surface area contributed by atoms with Crippen LogP contribution < -0.4 is 0 Å². The van der Waals surface area contributed by atoms with Gasteiger partial charge in [0.25, 0.3) is 0 Å². The summed E-state index contributed by atoms with van der Waals surface area (Å²) in [6.07, 6.45) is 3.89. The predicted molar refractivity (Wildman–Crippen MR) is 83.6 cm³/mol. The van der Waals surface area contributed by atoms with Gasteiger partial charge in [-0.25, -0.2) is 0 Å². The Morgan fingerprint density at radius 2 is 1.90 bits per heavy atom. The zero-order valence-electron chi connectivity index (χ0n) is 13.8. The van der Waals surface area contributed by atoms with E-state index in [0.29, 0.717) is 11.8 Å². The van der Waals surface area contributed by atoms with Crippen molar-refractivity contribution >= 4 is 0 Å². The van der Waals surface area contributed by atoms with Crippen LogP contribution in [0.2, 0.25) is 0 Å². The summed E-state index contributed by atoms with van der Waals surface area (Å²) in [4.78, 5) is 0. The van der Waals surface area contributed by atoms with Gasteiger partial charge in [-0.2, -0.15) is 5.26 Å². The number of nitrogens with zero attached hydrogens (tertiary/aromatic N) is 1. The first-order chi connectivity index (χ1) is 9.90. The molecule has 3 heteroatoms. The van der Waals surface area contributed by atoms with Crippen LogP contribution in [0, 0.1) is 34.5 Å². The molecule has 0 radical (unpaired) electrons. The fourth-order valence-electron chi connectivity index (χ4n) is 4.50. The molecule has 0 saturated heterocycles. The van der Waals surface area contributed by atoms with Crippen molar-refractivity contribution in [2.75, 3.05) is 14.2 Å². The zero-order chi connectivity index (χ0) is 15.8. The van der Waals surface area contributed by atoms with E-state index in [-0.39, 0.29) is 18.1 Å². The summed E-state index contributed by atoms with van der Waals surface area (Å²) < 4.78 is 11.4. The van der Waals surface area contributed by atoms with Crippen molar-refractivity contribution in [1.82, 2.24) is 0 Å². The van der Waals surface area contributed by atoms with Gasteiger partial charge in [-0.1, -0.05) is 32.1 Å². The molecule has 1 saturated carbocycles. The Morgan fingerprint density at radius 3 is 2.38 bits per heavy atom. The molecular formula is C18H27NO2. The Hall–Kier alpha value is -1.11. The molecule has 0 bridgehead atoms. The Balaban J connectivity index is 2.53. The quantitative estimate of drug-likeness (QED) is 0.744. The first kappa shape index (κ1) is 16.3. The van der Waals surface area contributed by atoms with Crippen molar-refractivity contribution in [2.45, 2.75) is 45.8 Å². The van der Waals surface area contributed by atoms with Crippen LogP contribution >= 0.6 is 0 Å². The number of fused-ring (bicyclic) bond motifs is 1. The van der Waals surface area contributed by atoms with Crippen molar-refractivity contribution in [3.05, 3.63) is 23.8 Å². The molecule has 0 aliphatic heterocycles. The molecule has 21 heavy (non-hydrogen) atoms. The molecule has 0 aromatic heterocycles. The monoisotopic (exact) mass is 289 g/mol. The molecule has 0 N–H and O–H groups in total. The largest absolute Gasteiger partial charge is 0.377 e. The third-order valence-corrected chi connectivity index (χ3v) is 5.35. The van der Waals surface area contributed by atoms with E-state index < -0.39 is 5.41 Å². The van der Waals surface area contributed by atoms with E-state index in [1.54, 1.807) is 14.2 Å². The average molecular weight is 289 g/mol. The normalized spacial score (nSPS) is 42.7. The second kappa shape index (κ2) is 5.94. The third kappa shape index (κ3) is 2.56. The minimum absolute atomic E-state index is 0.0592. The molecule has 6 atom stereocenters. The Morgan fingerprint density at radius 1 is 1.29 bits per heavy atom. The van der Waals surface area contributed by atoms with Gasteiger partial charge in [0, 0.05) is 20.1 Å². The Labute approximate surface area is 128 Å². The maximum absolute atomic E-state index is 9.90. The number of ether oxygens (including phenoxy) is 2. The van der Waals surface area contributed by atoms with Crippen LogP contribution in [-0.2, 0) is 9.47 Å². The molecular weight excluding hydrogens is 262 g/mol. The van der Waals surface area contributed by atoms with Gasteiger partial charge in [0.05, 0.1) is 23.7 Å². The highest BCUT2D eigenvalue weighted by molar-refractivity contribution is 5.37. The van der Waals surface area contributed by atoms with Crippen molar-refractivity contribution in [2.24, 2.45) is 23.2 Å². The minimum atomic E-state index is -0.402. The minimum Gasteiger partial charge on any atom is -0.377 e. The topological polar surface area (TPSA) is 42.2 Å². The molecule has 0 heterocycles. The first-order valence-corrected chi connectivity index (χ1v) is 7.74. The van der Waals surface area contributed by atoms with Gasteiger partial charge in [0.15, 0.2) is 0 Å². The van der Waals surface area contributed by atoms with Crippen molar-refractivity contribution in [1.29, 1.82) is 5.26 Å². The summed E-state index contributed by atoms with van der Waals surface area (Å²) >= 11 is 0. The third-order valence-electron chi connectivity index (χ3n) is 5.35. The Bertz CT molecular complexity index is 490. The number of methoxy groups -OCH3 is 2. The van der Waals surface area contributed by atoms with Gasteiger partial charge in [-0.3, -0.25) is 0 Å². The SMILES string of the molecule is C=C(C)[C@@H]1[C@@H](C)C[C@]2(C#N)C[C@@H](C)[C@H](OC)C=C2[C@@H]1OC. The highest BCUT2D eigenvalue weighted by atomic mass is 16.5. The standard InChI is InChI=1S/C18H27NO2/c1-11(2)16-13(4)9-18(10-19)8-12(3)15(20-5)7-14(18)17(16)21-6/h7,12-13,15-17H,1,8-9H2,2-6H3/t12-,13+,15-,16-,17+,18+/m1/s1. The van der Waals surface area contributed by atoms with E-state index >= 15 is 0 Å². The number of hydrogen-bond donors (Lipinski definition) is 0. The highest BCUT2D eigenvalue weighted by Crippen LogP contribution is 2.54. The molecule has 1 fully saturated rings. The molecule has 2 rings (SSSR count). The van der Waals surface area contributed by atoms with Crippen LogP contribution in [0.25, 0.3) is 0 Å². The van der Waals surface area contributed by atoms with E-state index in [9.17, 15) is 5.26 Å². The number of hydrogen-bond acceptors (Lipinski definition) is 3. The van der Waals surface area contributed by atoms with E-state index in [2.05, 4.69) is 39.5 Å². The Kier molecular flexibility index (Phi) is 4.60. The van der Waals surface area contributed by atoms with Crippen LogP contribution in [-0.4, -0.2) is 26.4 Å². The maximum atomic E-state index is 9.90.